The van der Waals surface area contributed by atoms with Crippen molar-refractivity contribution in [2.24, 2.45) is 0 Å². The van der Waals surface area contributed by atoms with Crippen LogP contribution in [-0.2, 0) is 6.54 Å². The number of tetrazole rings is 1. The van der Waals surface area contributed by atoms with Gasteiger partial charge in [0.25, 0.3) is 5.91 Å². The summed E-state index contributed by atoms with van der Waals surface area (Å²) in [6.45, 7) is 3.08. The topological polar surface area (TPSA) is 90.0 Å². The van der Waals surface area contributed by atoms with Gasteiger partial charge in [0, 0.05) is 24.6 Å². The first-order valence-corrected chi connectivity index (χ1v) is 6.19. The van der Waals surface area contributed by atoms with Crippen LogP contribution in [0.1, 0.15) is 16.1 Å². The number of rotatable bonds is 4. The fraction of sp³-hybridized carbons (Fsp3) is 0.250. The van der Waals surface area contributed by atoms with E-state index in [4.69, 9.17) is 0 Å². The number of nitrogens with one attached hydrogen (secondary N) is 1. The number of carbonyl (C=O) groups excluding carboxylic acids is 1. The molecule has 20 heavy (non-hydrogen) atoms. The minimum absolute atomic E-state index is 0.199. The second-order valence-electron chi connectivity index (χ2n) is 4.32. The molecule has 8 nitrogen and oxygen atoms in total. The van der Waals surface area contributed by atoms with E-state index in [9.17, 15) is 4.79 Å². The second kappa shape index (κ2) is 5.08. The predicted molar refractivity (Wildman–Crippen MR) is 70.1 cm³/mol. The summed E-state index contributed by atoms with van der Waals surface area (Å²) in [6, 6.07) is 5.35. The summed E-state index contributed by atoms with van der Waals surface area (Å²) in [5.74, 6) is -0.199. The number of aromatic nitrogens is 6. The van der Waals surface area contributed by atoms with Crippen LogP contribution in [0.4, 0.5) is 0 Å². The van der Waals surface area contributed by atoms with Crippen LogP contribution in [0.2, 0.25) is 0 Å². The van der Waals surface area contributed by atoms with Gasteiger partial charge in [0.1, 0.15) is 0 Å². The number of amides is 1. The Hall–Kier alpha value is -2.77. The molecule has 3 rings (SSSR count). The number of nitrogens with zero attached hydrogens (tertiary/aromatic N) is 6. The predicted octanol–water partition coefficient (Wildman–Crippen LogP) is 0.0592. The van der Waals surface area contributed by atoms with E-state index in [0.29, 0.717) is 24.3 Å². The molecule has 3 aromatic rings. The maximum atomic E-state index is 12.1. The van der Waals surface area contributed by atoms with Crippen molar-refractivity contribution in [2.45, 2.75) is 13.5 Å². The van der Waals surface area contributed by atoms with Crippen molar-refractivity contribution < 1.29 is 4.79 Å². The lowest BCUT2D eigenvalue weighted by Gasteiger charge is -2.07. The van der Waals surface area contributed by atoms with E-state index in [1.54, 1.807) is 24.5 Å². The largest absolute Gasteiger partial charge is 0.350 e. The Labute approximate surface area is 114 Å². The minimum atomic E-state index is -0.199. The Kier molecular flexibility index (Phi) is 3.12. The number of aryl methyl sites for hydroxylation is 1. The molecule has 0 aliphatic rings. The second-order valence-corrected chi connectivity index (χ2v) is 4.32. The van der Waals surface area contributed by atoms with Crippen LogP contribution >= 0.6 is 0 Å². The quantitative estimate of drug-likeness (QED) is 0.724. The highest BCUT2D eigenvalue weighted by Gasteiger charge is 2.12. The highest BCUT2D eigenvalue weighted by Crippen LogP contribution is 2.05. The maximum Gasteiger partial charge on any atom is 0.255 e. The Morgan fingerprint density at radius 3 is 3.10 bits per heavy atom. The summed E-state index contributed by atoms with van der Waals surface area (Å²) < 4.78 is 3.30. The van der Waals surface area contributed by atoms with Crippen molar-refractivity contribution >= 4 is 11.6 Å². The lowest BCUT2D eigenvalue weighted by Crippen LogP contribution is -2.28. The first-order chi connectivity index (χ1) is 9.75. The molecule has 0 radical (unpaired) electrons. The van der Waals surface area contributed by atoms with Crippen LogP contribution in [0.5, 0.6) is 0 Å². The van der Waals surface area contributed by atoms with E-state index in [-0.39, 0.29) is 5.91 Å². The van der Waals surface area contributed by atoms with Crippen LogP contribution in [0.25, 0.3) is 5.65 Å². The summed E-state index contributed by atoms with van der Waals surface area (Å²) in [6.07, 6.45) is 3.43. The molecule has 3 aromatic heterocycles. The minimum Gasteiger partial charge on any atom is -0.350 e. The molecule has 0 saturated carbocycles. The van der Waals surface area contributed by atoms with E-state index in [2.05, 4.69) is 25.9 Å². The van der Waals surface area contributed by atoms with E-state index in [1.165, 1.54) is 4.52 Å². The van der Waals surface area contributed by atoms with E-state index in [0.717, 1.165) is 5.69 Å². The zero-order valence-electron chi connectivity index (χ0n) is 10.9. The van der Waals surface area contributed by atoms with Gasteiger partial charge < -0.3 is 5.32 Å². The molecule has 1 amide bonds. The zero-order chi connectivity index (χ0) is 13.9. The average Bonchev–Trinajstić information content (AvgIpc) is 3.07. The molecule has 0 aromatic carbocycles. The normalized spacial score (nSPS) is 10.8. The fourth-order valence-electron chi connectivity index (χ4n) is 1.95. The SMILES string of the molecule is Cc1ccnn1CCNC(=O)c1cccn2nnnc12. The van der Waals surface area contributed by atoms with Crippen molar-refractivity contribution in [3.05, 3.63) is 41.9 Å². The summed E-state index contributed by atoms with van der Waals surface area (Å²) in [5, 5.41) is 18.1. The third-order valence-electron chi connectivity index (χ3n) is 3.01. The van der Waals surface area contributed by atoms with E-state index < -0.39 is 0 Å². The third kappa shape index (κ3) is 2.22. The Bertz CT molecular complexity index is 745. The number of fused-ring (bicyclic) bond motifs is 1. The molecular formula is C12H13N7O. The van der Waals surface area contributed by atoms with Gasteiger partial charge in [-0.1, -0.05) is 0 Å². The molecule has 1 N–H and O–H groups in total. The molecule has 0 aliphatic carbocycles. The standard InChI is InChI=1S/C12H13N7O/c1-9-4-5-14-18(9)8-6-13-12(20)10-3-2-7-19-11(10)15-16-17-19/h2-5,7H,6,8H2,1H3,(H,13,20). The van der Waals surface area contributed by atoms with Gasteiger partial charge in [-0.15, -0.1) is 5.10 Å². The molecule has 3 heterocycles. The van der Waals surface area contributed by atoms with Gasteiger partial charge in [0.05, 0.1) is 12.1 Å². The van der Waals surface area contributed by atoms with Crippen LogP contribution in [0, 0.1) is 6.92 Å². The van der Waals surface area contributed by atoms with Gasteiger partial charge in [0.2, 0.25) is 0 Å². The monoisotopic (exact) mass is 271 g/mol. The van der Waals surface area contributed by atoms with Gasteiger partial charge in [-0.3, -0.25) is 9.48 Å². The zero-order valence-corrected chi connectivity index (χ0v) is 10.9. The Morgan fingerprint density at radius 2 is 2.30 bits per heavy atom. The van der Waals surface area contributed by atoms with Crippen LogP contribution in [0.15, 0.2) is 30.6 Å². The van der Waals surface area contributed by atoms with Gasteiger partial charge in [0.15, 0.2) is 5.65 Å². The lowest BCUT2D eigenvalue weighted by molar-refractivity contribution is 0.0953. The molecule has 0 fully saturated rings. The summed E-state index contributed by atoms with van der Waals surface area (Å²) >= 11 is 0. The van der Waals surface area contributed by atoms with Gasteiger partial charge >= 0.3 is 0 Å². The average molecular weight is 271 g/mol. The van der Waals surface area contributed by atoms with Crippen molar-refractivity contribution in [3.63, 3.8) is 0 Å². The van der Waals surface area contributed by atoms with Gasteiger partial charge in [-0.05, 0) is 35.5 Å². The lowest BCUT2D eigenvalue weighted by atomic mass is 10.2. The number of hydrogen-bond donors (Lipinski definition) is 1. The van der Waals surface area contributed by atoms with Crippen LogP contribution in [-0.4, -0.2) is 42.3 Å². The molecule has 0 spiro atoms. The molecule has 0 unspecified atom stereocenters. The Morgan fingerprint density at radius 1 is 1.40 bits per heavy atom. The van der Waals surface area contributed by atoms with Gasteiger partial charge in [-0.25, -0.2) is 0 Å². The first-order valence-electron chi connectivity index (χ1n) is 6.19. The molecule has 102 valence electrons. The highest BCUT2D eigenvalue weighted by atomic mass is 16.1. The molecule has 0 atom stereocenters. The first kappa shape index (κ1) is 12.3. The summed E-state index contributed by atoms with van der Waals surface area (Å²) in [4.78, 5) is 12.1. The number of carbonyl (C=O) groups is 1. The molecular weight excluding hydrogens is 258 g/mol. The van der Waals surface area contributed by atoms with E-state index >= 15 is 0 Å². The van der Waals surface area contributed by atoms with Crippen molar-refractivity contribution in [3.8, 4) is 0 Å². The summed E-state index contributed by atoms with van der Waals surface area (Å²) in [5.41, 5.74) is 1.96. The third-order valence-corrected chi connectivity index (χ3v) is 3.01. The number of pyridine rings is 1. The smallest absolute Gasteiger partial charge is 0.255 e. The Balaban J connectivity index is 1.68. The van der Waals surface area contributed by atoms with Crippen LogP contribution in [0.3, 0.4) is 0 Å². The number of hydrogen-bond acceptors (Lipinski definition) is 5. The fourth-order valence-corrected chi connectivity index (χ4v) is 1.95. The van der Waals surface area contributed by atoms with Crippen molar-refractivity contribution in [1.29, 1.82) is 0 Å². The molecule has 0 aliphatic heterocycles. The van der Waals surface area contributed by atoms with Crippen molar-refractivity contribution in [1.82, 2.24) is 35.1 Å². The maximum absolute atomic E-state index is 12.1. The highest BCUT2D eigenvalue weighted by molar-refractivity contribution is 5.99. The van der Waals surface area contributed by atoms with E-state index in [1.807, 2.05) is 17.7 Å². The summed E-state index contributed by atoms with van der Waals surface area (Å²) in [7, 11) is 0. The van der Waals surface area contributed by atoms with Gasteiger partial charge in [-0.2, -0.15) is 9.61 Å². The molecule has 0 saturated heterocycles. The molecule has 8 heteroatoms. The van der Waals surface area contributed by atoms with Crippen molar-refractivity contribution in [2.75, 3.05) is 6.54 Å². The van der Waals surface area contributed by atoms with Crippen LogP contribution < -0.4 is 5.32 Å². The molecule has 0 bridgehead atoms.